The third-order valence-electron chi connectivity index (χ3n) is 2.33. The zero-order valence-electron chi connectivity index (χ0n) is 8.19. The van der Waals surface area contributed by atoms with E-state index in [0.717, 1.165) is 16.5 Å². The highest BCUT2D eigenvalue weighted by Crippen LogP contribution is 2.21. The Balaban J connectivity index is 2.51. The van der Waals surface area contributed by atoms with E-state index < -0.39 is 12.1 Å². The summed E-state index contributed by atoms with van der Waals surface area (Å²) in [5.41, 5.74) is 2.23. The van der Waals surface area contributed by atoms with Crippen molar-refractivity contribution in [2.75, 3.05) is 0 Å². The van der Waals surface area contributed by atoms with E-state index in [9.17, 15) is 9.90 Å². The van der Waals surface area contributed by atoms with E-state index in [1.54, 1.807) is 6.07 Å². The number of H-pyrrole nitrogens is 1. The number of rotatable bonds is 2. The largest absolute Gasteiger partial charge is 0.479 e. The highest BCUT2D eigenvalue weighted by Gasteiger charge is 2.17. The summed E-state index contributed by atoms with van der Waals surface area (Å²) in [7, 11) is 0. The Bertz CT molecular complexity index is 516. The molecule has 0 saturated heterocycles. The van der Waals surface area contributed by atoms with E-state index in [0.29, 0.717) is 5.69 Å². The number of aliphatic carboxylic acids is 1. The smallest absolute Gasteiger partial charge is 0.338 e. The average Bonchev–Trinajstić information content (AvgIpc) is 2.58. The zero-order valence-corrected chi connectivity index (χ0v) is 8.19. The number of carbonyl (C=O) groups is 1. The van der Waals surface area contributed by atoms with Gasteiger partial charge in [-0.2, -0.15) is 0 Å². The minimum atomic E-state index is -1.49. The van der Waals surface area contributed by atoms with Gasteiger partial charge in [0.1, 0.15) is 0 Å². The minimum Gasteiger partial charge on any atom is -0.479 e. The monoisotopic (exact) mass is 205 g/mol. The average molecular weight is 205 g/mol. The molecule has 0 saturated carbocycles. The lowest BCUT2D eigenvalue weighted by atomic mass is 10.2. The number of aliphatic hydroxyl groups is 1. The van der Waals surface area contributed by atoms with Crippen molar-refractivity contribution in [2.24, 2.45) is 0 Å². The van der Waals surface area contributed by atoms with Gasteiger partial charge in [-0.25, -0.2) is 4.79 Å². The van der Waals surface area contributed by atoms with Crippen LogP contribution in [0, 0.1) is 6.92 Å². The number of carboxylic acids is 1. The molecule has 0 spiro atoms. The lowest BCUT2D eigenvalue weighted by Gasteiger charge is -2.00. The fourth-order valence-electron chi connectivity index (χ4n) is 1.54. The second kappa shape index (κ2) is 3.40. The van der Waals surface area contributed by atoms with Crippen LogP contribution >= 0.6 is 0 Å². The van der Waals surface area contributed by atoms with Crippen LogP contribution in [0.25, 0.3) is 10.9 Å². The molecule has 0 aliphatic rings. The third-order valence-corrected chi connectivity index (χ3v) is 2.33. The van der Waals surface area contributed by atoms with Crippen LogP contribution in [0.2, 0.25) is 0 Å². The van der Waals surface area contributed by atoms with Gasteiger partial charge in [-0.3, -0.25) is 0 Å². The number of hydrogen-bond acceptors (Lipinski definition) is 2. The molecule has 0 bridgehead atoms. The number of carboxylic acid groups (broad SMARTS) is 1. The number of nitrogens with one attached hydrogen (secondary N) is 1. The van der Waals surface area contributed by atoms with E-state index >= 15 is 0 Å². The molecule has 0 aliphatic heterocycles. The lowest BCUT2D eigenvalue weighted by molar-refractivity contribution is -0.147. The highest BCUT2D eigenvalue weighted by molar-refractivity contribution is 5.83. The quantitative estimate of drug-likeness (QED) is 0.697. The topological polar surface area (TPSA) is 73.3 Å². The summed E-state index contributed by atoms with van der Waals surface area (Å²) in [4.78, 5) is 13.5. The summed E-state index contributed by atoms with van der Waals surface area (Å²) in [5, 5.41) is 18.9. The molecule has 2 rings (SSSR count). The van der Waals surface area contributed by atoms with E-state index in [2.05, 4.69) is 4.98 Å². The van der Waals surface area contributed by atoms with Gasteiger partial charge in [-0.1, -0.05) is 12.1 Å². The molecule has 0 aliphatic carbocycles. The standard InChI is InChI=1S/C11H11NO3/c1-6-2-3-7-5-9(10(13)11(14)15)12-8(7)4-6/h2-5,10,12-13H,1H3,(H,14,15). The van der Waals surface area contributed by atoms with Crippen LogP contribution in [0.4, 0.5) is 0 Å². The van der Waals surface area contributed by atoms with Crippen molar-refractivity contribution >= 4 is 16.9 Å². The van der Waals surface area contributed by atoms with Gasteiger partial charge < -0.3 is 15.2 Å². The van der Waals surface area contributed by atoms with Crippen molar-refractivity contribution in [1.82, 2.24) is 4.98 Å². The Morgan fingerprint density at radius 2 is 2.13 bits per heavy atom. The van der Waals surface area contributed by atoms with Crippen molar-refractivity contribution in [1.29, 1.82) is 0 Å². The number of aryl methyl sites for hydroxylation is 1. The molecule has 2 aromatic rings. The summed E-state index contributed by atoms with van der Waals surface area (Å²) in [6.07, 6.45) is -1.49. The molecule has 4 heteroatoms. The van der Waals surface area contributed by atoms with Gasteiger partial charge in [0.15, 0.2) is 6.10 Å². The zero-order chi connectivity index (χ0) is 11.0. The molecule has 1 aromatic heterocycles. The first kappa shape index (κ1) is 9.73. The highest BCUT2D eigenvalue weighted by atomic mass is 16.4. The van der Waals surface area contributed by atoms with E-state index in [1.807, 2.05) is 25.1 Å². The summed E-state index contributed by atoms with van der Waals surface area (Å²) in [6.45, 7) is 1.95. The van der Waals surface area contributed by atoms with Crippen LogP contribution in [-0.2, 0) is 4.79 Å². The SMILES string of the molecule is Cc1ccc2cc(C(O)C(=O)O)[nH]c2c1. The van der Waals surface area contributed by atoms with Crippen LogP contribution in [-0.4, -0.2) is 21.2 Å². The first-order chi connectivity index (χ1) is 7.08. The summed E-state index contributed by atoms with van der Waals surface area (Å²) in [5.74, 6) is -1.25. The minimum absolute atomic E-state index is 0.308. The van der Waals surface area contributed by atoms with Gasteiger partial charge in [0.05, 0.1) is 5.69 Å². The molecule has 0 amide bonds. The molecule has 78 valence electrons. The predicted molar refractivity (Wildman–Crippen MR) is 55.6 cm³/mol. The Labute approximate surface area is 86.2 Å². The Kier molecular flexibility index (Phi) is 2.21. The lowest BCUT2D eigenvalue weighted by Crippen LogP contribution is -2.10. The van der Waals surface area contributed by atoms with Crippen molar-refractivity contribution in [3.63, 3.8) is 0 Å². The fourth-order valence-corrected chi connectivity index (χ4v) is 1.54. The van der Waals surface area contributed by atoms with Crippen LogP contribution in [0.15, 0.2) is 24.3 Å². The summed E-state index contributed by atoms with van der Waals surface area (Å²) >= 11 is 0. The molecule has 0 fully saturated rings. The van der Waals surface area contributed by atoms with Crippen molar-refractivity contribution in [3.8, 4) is 0 Å². The number of benzene rings is 1. The molecule has 15 heavy (non-hydrogen) atoms. The molecule has 3 N–H and O–H groups in total. The number of aliphatic hydroxyl groups excluding tert-OH is 1. The first-order valence-electron chi connectivity index (χ1n) is 4.58. The van der Waals surface area contributed by atoms with Crippen molar-refractivity contribution in [2.45, 2.75) is 13.0 Å². The fraction of sp³-hybridized carbons (Fsp3) is 0.182. The van der Waals surface area contributed by atoms with Gasteiger partial charge in [-0.05, 0) is 30.0 Å². The maximum Gasteiger partial charge on any atom is 0.338 e. The van der Waals surface area contributed by atoms with Crippen LogP contribution < -0.4 is 0 Å². The van der Waals surface area contributed by atoms with E-state index in [4.69, 9.17) is 5.11 Å². The third kappa shape index (κ3) is 1.71. The Hall–Kier alpha value is -1.81. The normalized spacial score (nSPS) is 12.9. The summed E-state index contributed by atoms with van der Waals surface area (Å²) in [6, 6.07) is 7.38. The van der Waals surface area contributed by atoms with Gasteiger partial charge in [-0.15, -0.1) is 0 Å². The van der Waals surface area contributed by atoms with Crippen molar-refractivity contribution in [3.05, 3.63) is 35.5 Å². The van der Waals surface area contributed by atoms with Gasteiger partial charge in [0, 0.05) is 5.52 Å². The maximum absolute atomic E-state index is 10.6. The molecule has 1 unspecified atom stereocenters. The molecular formula is C11H11NO3. The molecule has 1 atom stereocenters. The number of aromatic amines is 1. The van der Waals surface area contributed by atoms with E-state index in [-0.39, 0.29) is 0 Å². The van der Waals surface area contributed by atoms with Gasteiger partial charge >= 0.3 is 5.97 Å². The van der Waals surface area contributed by atoms with E-state index in [1.165, 1.54) is 0 Å². The second-order valence-electron chi connectivity index (χ2n) is 3.56. The Morgan fingerprint density at radius 1 is 1.40 bits per heavy atom. The van der Waals surface area contributed by atoms with Crippen LogP contribution in [0.5, 0.6) is 0 Å². The maximum atomic E-state index is 10.6. The molecule has 0 radical (unpaired) electrons. The Morgan fingerprint density at radius 3 is 2.80 bits per heavy atom. The number of hydrogen-bond donors (Lipinski definition) is 3. The van der Waals surface area contributed by atoms with Crippen LogP contribution in [0.3, 0.4) is 0 Å². The van der Waals surface area contributed by atoms with Gasteiger partial charge in [0.2, 0.25) is 0 Å². The molecule has 4 nitrogen and oxygen atoms in total. The predicted octanol–water partition coefficient (Wildman–Crippen LogP) is 1.59. The number of fused-ring (bicyclic) bond motifs is 1. The molecule has 1 aromatic carbocycles. The van der Waals surface area contributed by atoms with Gasteiger partial charge in [0.25, 0.3) is 0 Å². The van der Waals surface area contributed by atoms with Crippen LogP contribution in [0.1, 0.15) is 17.4 Å². The summed E-state index contributed by atoms with van der Waals surface area (Å²) < 4.78 is 0. The number of aromatic nitrogens is 1. The first-order valence-corrected chi connectivity index (χ1v) is 4.58. The molecule has 1 heterocycles. The van der Waals surface area contributed by atoms with Crippen molar-refractivity contribution < 1.29 is 15.0 Å². The molecular weight excluding hydrogens is 194 g/mol. The second-order valence-corrected chi connectivity index (χ2v) is 3.56.